The van der Waals surface area contributed by atoms with E-state index in [2.05, 4.69) is 25.8 Å². The topological polar surface area (TPSA) is 173 Å². The van der Waals surface area contributed by atoms with Crippen LogP contribution in [0.5, 0.6) is 0 Å². The van der Waals surface area contributed by atoms with Crippen LogP contribution in [0.3, 0.4) is 0 Å². The standard InChI is InChI=1S/C29H34N6O6/c1-18(2)35(34-29(40)41-3)17-25(36)23(15-19-9-5-4-6-10-19)32-28(39)24(16-26(30)37)33-27(38)22-14-13-20-11-7-8-12-21(20)31-22/h4-14,18,23-24H,15-17H2,1-3H3,(H2,30,37)(H,32,39)(H,33,38)(H,34,40). The number of nitrogens with one attached hydrogen (secondary N) is 3. The lowest BCUT2D eigenvalue weighted by Gasteiger charge is -2.28. The Morgan fingerprint density at radius 1 is 0.902 bits per heavy atom. The molecule has 1 aromatic heterocycles. The second-order valence-corrected chi connectivity index (χ2v) is 9.63. The van der Waals surface area contributed by atoms with Gasteiger partial charge >= 0.3 is 6.09 Å². The molecule has 2 aromatic carbocycles. The molecule has 5 N–H and O–H groups in total. The van der Waals surface area contributed by atoms with Crippen LogP contribution in [0.4, 0.5) is 4.79 Å². The fourth-order valence-electron chi connectivity index (χ4n) is 3.99. The molecule has 0 aliphatic carbocycles. The number of hydrogen-bond donors (Lipinski definition) is 4. The highest BCUT2D eigenvalue weighted by Crippen LogP contribution is 2.12. The van der Waals surface area contributed by atoms with E-state index in [4.69, 9.17) is 5.73 Å². The first-order chi connectivity index (χ1) is 19.6. The third-order valence-corrected chi connectivity index (χ3v) is 6.22. The Labute approximate surface area is 237 Å². The Balaban J connectivity index is 1.81. The van der Waals surface area contributed by atoms with Crippen LogP contribution in [-0.2, 0) is 25.5 Å². The van der Waals surface area contributed by atoms with Crippen LogP contribution in [-0.4, -0.2) is 71.4 Å². The number of benzene rings is 2. The molecule has 0 aliphatic rings. The minimum absolute atomic E-state index is 0.0457. The normalized spacial score (nSPS) is 12.4. The Bertz CT molecular complexity index is 1400. The Kier molecular flexibility index (Phi) is 10.9. The van der Waals surface area contributed by atoms with Crippen LogP contribution in [0.25, 0.3) is 10.9 Å². The lowest BCUT2D eigenvalue weighted by Crippen LogP contribution is -2.56. The lowest BCUT2D eigenvalue weighted by atomic mass is 10.0. The van der Waals surface area contributed by atoms with Crippen molar-refractivity contribution < 1.29 is 28.7 Å². The van der Waals surface area contributed by atoms with Gasteiger partial charge in [0.15, 0.2) is 5.78 Å². The number of primary amides is 1. The van der Waals surface area contributed by atoms with Crippen molar-refractivity contribution in [3.05, 3.63) is 78.0 Å². The highest BCUT2D eigenvalue weighted by Gasteiger charge is 2.30. The van der Waals surface area contributed by atoms with Gasteiger partial charge in [0.2, 0.25) is 11.8 Å². The molecule has 0 radical (unpaired) electrons. The third kappa shape index (κ3) is 9.11. The zero-order chi connectivity index (χ0) is 29.9. The zero-order valence-electron chi connectivity index (χ0n) is 23.1. The number of para-hydroxylation sites is 1. The Morgan fingerprint density at radius 3 is 2.24 bits per heavy atom. The van der Waals surface area contributed by atoms with Gasteiger partial charge in [-0.15, -0.1) is 0 Å². The molecule has 0 saturated carbocycles. The van der Waals surface area contributed by atoms with Gasteiger partial charge in [0.25, 0.3) is 5.91 Å². The molecular formula is C29H34N6O6. The van der Waals surface area contributed by atoms with Gasteiger partial charge in [-0.2, -0.15) is 0 Å². The summed E-state index contributed by atoms with van der Waals surface area (Å²) in [5.41, 5.74) is 9.26. The van der Waals surface area contributed by atoms with E-state index in [-0.39, 0.29) is 24.7 Å². The first-order valence-corrected chi connectivity index (χ1v) is 13.0. The summed E-state index contributed by atoms with van der Waals surface area (Å²) in [6, 6.07) is 16.8. The summed E-state index contributed by atoms with van der Waals surface area (Å²) in [6.45, 7) is 3.29. The number of nitrogens with two attached hydrogens (primary N) is 1. The van der Waals surface area contributed by atoms with Crippen molar-refractivity contribution in [2.24, 2.45) is 5.73 Å². The molecule has 12 nitrogen and oxygen atoms in total. The number of ketones is 1. The maximum atomic E-state index is 13.4. The molecular weight excluding hydrogens is 528 g/mol. The van der Waals surface area contributed by atoms with Gasteiger partial charge in [0.1, 0.15) is 11.7 Å². The SMILES string of the molecule is COC(=O)NN(CC(=O)C(Cc1ccccc1)NC(=O)C(CC(N)=O)NC(=O)c1ccc2ccccc2n1)C(C)C. The fraction of sp³-hybridized carbons (Fsp3) is 0.310. The number of carbonyl (C=O) groups is 5. The number of aromatic nitrogens is 1. The van der Waals surface area contributed by atoms with Gasteiger partial charge in [0.05, 0.1) is 31.6 Å². The Hall–Kier alpha value is -4.84. The molecule has 2 atom stereocenters. The number of ether oxygens (including phenoxy) is 1. The van der Waals surface area contributed by atoms with E-state index < -0.39 is 48.1 Å². The van der Waals surface area contributed by atoms with Crippen LogP contribution < -0.4 is 21.8 Å². The number of hydrazine groups is 1. The highest BCUT2D eigenvalue weighted by atomic mass is 16.5. The Morgan fingerprint density at radius 2 is 1.59 bits per heavy atom. The molecule has 0 fully saturated rings. The van der Waals surface area contributed by atoms with Crippen LogP contribution in [0.2, 0.25) is 0 Å². The van der Waals surface area contributed by atoms with Crippen LogP contribution >= 0.6 is 0 Å². The van der Waals surface area contributed by atoms with Crippen molar-refractivity contribution in [3.63, 3.8) is 0 Å². The first kappa shape index (κ1) is 30.7. The summed E-state index contributed by atoms with van der Waals surface area (Å²) in [5, 5.41) is 7.40. The second-order valence-electron chi connectivity index (χ2n) is 9.63. The number of rotatable bonds is 13. The maximum absolute atomic E-state index is 13.4. The smallest absolute Gasteiger partial charge is 0.421 e. The molecule has 3 aromatic rings. The van der Waals surface area contributed by atoms with Crippen molar-refractivity contribution in [2.45, 2.75) is 44.8 Å². The molecule has 0 bridgehead atoms. The lowest BCUT2D eigenvalue weighted by molar-refractivity contribution is -0.131. The van der Waals surface area contributed by atoms with Gasteiger partial charge in [-0.1, -0.05) is 54.6 Å². The number of pyridine rings is 1. The molecule has 0 saturated heterocycles. The van der Waals surface area contributed by atoms with Gasteiger partial charge in [-0.3, -0.25) is 24.6 Å². The predicted octanol–water partition coefficient (Wildman–Crippen LogP) is 1.49. The molecule has 0 aliphatic heterocycles. The summed E-state index contributed by atoms with van der Waals surface area (Å²) in [5.74, 6) is -2.70. The predicted molar refractivity (Wildman–Crippen MR) is 151 cm³/mol. The molecule has 3 rings (SSSR count). The van der Waals surface area contributed by atoms with Crippen LogP contribution in [0.15, 0.2) is 66.7 Å². The van der Waals surface area contributed by atoms with Gasteiger partial charge in [-0.05, 0) is 38.0 Å². The summed E-state index contributed by atoms with van der Waals surface area (Å²) in [4.78, 5) is 67.8. The number of fused-ring (bicyclic) bond motifs is 1. The average molecular weight is 563 g/mol. The highest BCUT2D eigenvalue weighted by molar-refractivity contribution is 6.00. The van der Waals surface area contributed by atoms with Crippen LogP contribution in [0, 0.1) is 0 Å². The largest absolute Gasteiger partial charge is 0.452 e. The van der Waals surface area contributed by atoms with Crippen molar-refractivity contribution in [1.29, 1.82) is 0 Å². The van der Waals surface area contributed by atoms with Crippen molar-refractivity contribution in [2.75, 3.05) is 13.7 Å². The van der Waals surface area contributed by atoms with E-state index >= 15 is 0 Å². The first-order valence-electron chi connectivity index (χ1n) is 13.0. The molecule has 2 unspecified atom stereocenters. The van der Waals surface area contributed by atoms with E-state index in [1.54, 1.807) is 56.3 Å². The van der Waals surface area contributed by atoms with E-state index in [0.717, 1.165) is 10.9 Å². The molecule has 12 heteroatoms. The van der Waals surface area contributed by atoms with Gasteiger partial charge in [0, 0.05) is 11.4 Å². The molecule has 216 valence electrons. The van der Waals surface area contributed by atoms with Crippen molar-refractivity contribution in [3.8, 4) is 0 Å². The van der Waals surface area contributed by atoms with E-state index in [1.807, 2.05) is 18.2 Å². The van der Waals surface area contributed by atoms with Crippen molar-refractivity contribution >= 4 is 40.5 Å². The van der Waals surface area contributed by atoms with E-state index in [1.165, 1.54) is 18.2 Å². The second kappa shape index (κ2) is 14.5. The molecule has 41 heavy (non-hydrogen) atoms. The number of nitrogens with zero attached hydrogens (tertiary/aromatic N) is 2. The third-order valence-electron chi connectivity index (χ3n) is 6.22. The summed E-state index contributed by atoms with van der Waals surface area (Å²) in [6.07, 6.45) is -1.12. The van der Waals surface area contributed by atoms with Gasteiger partial charge < -0.3 is 21.1 Å². The number of methoxy groups -OCH3 is 1. The van der Waals surface area contributed by atoms with E-state index in [0.29, 0.717) is 5.52 Å². The maximum Gasteiger partial charge on any atom is 0.421 e. The molecule has 1 heterocycles. The van der Waals surface area contributed by atoms with Crippen LogP contribution in [0.1, 0.15) is 36.3 Å². The number of carbonyl (C=O) groups excluding carboxylic acids is 5. The zero-order valence-corrected chi connectivity index (χ0v) is 23.1. The summed E-state index contributed by atoms with van der Waals surface area (Å²) < 4.78 is 4.64. The monoisotopic (exact) mass is 562 g/mol. The number of Topliss-reactive ketones (excluding diaryl/α,β-unsaturated/α-hetero) is 1. The summed E-state index contributed by atoms with van der Waals surface area (Å²) in [7, 11) is 1.20. The molecule has 4 amide bonds. The molecule has 0 spiro atoms. The number of hydrogen-bond acceptors (Lipinski definition) is 8. The van der Waals surface area contributed by atoms with Gasteiger partial charge in [-0.25, -0.2) is 14.8 Å². The quantitative estimate of drug-likeness (QED) is 0.227. The average Bonchev–Trinajstić information content (AvgIpc) is 2.95. The van der Waals surface area contributed by atoms with E-state index in [9.17, 15) is 24.0 Å². The number of amides is 4. The minimum atomic E-state index is -1.37. The van der Waals surface area contributed by atoms with Crippen molar-refractivity contribution in [1.82, 2.24) is 26.1 Å². The fourth-order valence-corrected chi connectivity index (χ4v) is 3.99. The minimum Gasteiger partial charge on any atom is -0.452 e. The summed E-state index contributed by atoms with van der Waals surface area (Å²) >= 11 is 0.